The molecule has 2 aromatic carbocycles. The lowest BCUT2D eigenvalue weighted by Gasteiger charge is -2.35. The molecular weight excluding hydrogens is 397 g/mol. The molecule has 3 aromatic rings. The monoisotopic (exact) mass is 421 g/mol. The number of piperazine rings is 1. The highest BCUT2D eigenvalue weighted by Gasteiger charge is 2.19. The van der Waals surface area contributed by atoms with Gasteiger partial charge in [0.25, 0.3) is 5.56 Å². The molecule has 0 atom stereocenters. The number of para-hydroxylation sites is 1. The van der Waals surface area contributed by atoms with Crippen molar-refractivity contribution in [2.24, 2.45) is 0 Å². The molecule has 0 aliphatic carbocycles. The first kappa shape index (κ1) is 20.7. The number of nitrogens with zero attached hydrogens (tertiary/aromatic N) is 4. The molecule has 7 nitrogen and oxygen atoms in total. The Bertz CT molecular complexity index is 1090. The van der Waals surface area contributed by atoms with Gasteiger partial charge in [0.15, 0.2) is 0 Å². The largest absolute Gasteiger partial charge is 0.353 e. The molecule has 1 aromatic heterocycles. The van der Waals surface area contributed by atoms with Crippen LogP contribution in [0, 0.1) is 5.82 Å². The van der Waals surface area contributed by atoms with E-state index in [1.165, 1.54) is 23.8 Å². The molecule has 0 bridgehead atoms. The molecule has 1 aliphatic heterocycles. The van der Waals surface area contributed by atoms with Gasteiger partial charge in [-0.3, -0.25) is 14.5 Å². The van der Waals surface area contributed by atoms with Crippen LogP contribution in [0.2, 0.25) is 0 Å². The first-order valence-corrected chi connectivity index (χ1v) is 10.2. The molecule has 31 heavy (non-hydrogen) atoms. The van der Waals surface area contributed by atoms with E-state index in [-0.39, 0.29) is 17.8 Å². The second-order valence-corrected chi connectivity index (χ2v) is 7.46. The van der Waals surface area contributed by atoms with Gasteiger partial charge in [-0.2, -0.15) is 5.10 Å². The molecule has 1 N–H and O–H groups in total. The van der Waals surface area contributed by atoms with E-state index in [0.717, 1.165) is 37.4 Å². The van der Waals surface area contributed by atoms with Crippen molar-refractivity contribution in [1.29, 1.82) is 0 Å². The van der Waals surface area contributed by atoms with Gasteiger partial charge in [-0.25, -0.2) is 9.07 Å². The summed E-state index contributed by atoms with van der Waals surface area (Å²) in [5, 5.41) is 6.85. The van der Waals surface area contributed by atoms with Crippen molar-refractivity contribution in [2.45, 2.75) is 13.1 Å². The summed E-state index contributed by atoms with van der Waals surface area (Å²) >= 11 is 0. The summed E-state index contributed by atoms with van der Waals surface area (Å²) in [4.78, 5) is 29.0. The Morgan fingerprint density at radius 3 is 2.39 bits per heavy atom. The minimum absolute atomic E-state index is 0.0752. The number of nitrogens with one attached hydrogen (secondary N) is 1. The van der Waals surface area contributed by atoms with Gasteiger partial charge in [-0.05, 0) is 23.8 Å². The van der Waals surface area contributed by atoms with Gasteiger partial charge in [-0.15, -0.1) is 0 Å². The maximum atomic E-state index is 13.7. The van der Waals surface area contributed by atoms with Crippen LogP contribution in [0.3, 0.4) is 0 Å². The molecule has 160 valence electrons. The molecule has 1 saturated heterocycles. The van der Waals surface area contributed by atoms with Gasteiger partial charge in [0.1, 0.15) is 18.2 Å². The second kappa shape index (κ2) is 9.53. The molecular formula is C23H24FN5O2. The summed E-state index contributed by atoms with van der Waals surface area (Å²) in [5.41, 5.74) is 0.977. The normalized spacial score (nSPS) is 14.4. The SMILES string of the molecule is O=C(Cn1nc(N2CCN(Cc3ccccc3)CC2)ccc1=O)Nc1ccccc1F. The van der Waals surface area contributed by atoms with E-state index in [9.17, 15) is 14.0 Å². The number of rotatable bonds is 6. The topological polar surface area (TPSA) is 70.5 Å². The maximum absolute atomic E-state index is 13.7. The number of anilines is 2. The van der Waals surface area contributed by atoms with E-state index < -0.39 is 11.7 Å². The third kappa shape index (κ3) is 5.35. The zero-order chi connectivity index (χ0) is 21.6. The highest BCUT2D eigenvalue weighted by molar-refractivity contribution is 5.90. The molecule has 4 rings (SSSR count). The van der Waals surface area contributed by atoms with E-state index in [0.29, 0.717) is 5.82 Å². The van der Waals surface area contributed by atoms with Crippen LogP contribution in [-0.4, -0.2) is 46.8 Å². The molecule has 2 heterocycles. The zero-order valence-corrected chi connectivity index (χ0v) is 17.1. The summed E-state index contributed by atoms with van der Waals surface area (Å²) in [6.07, 6.45) is 0. The predicted octanol–water partition coefficient (Wildman–Crippen LogP) is 2.34. The van der Waals surface area contributed by atoms with Crippen LogP contribution >= 0.6 is 0 Å². The fraction of sp³-hybridized carbons (Fsp3) is 0.261. The molecule has 1 fully saturated rings. The van der Waals surface area contributed by atoms with Gasteiger partial charge in [0, 0.05) is 38.8 Å². The number of hydrogen-bond donors (Lipinski definition) is 1. The molecule has 0 spiro atoms. The third-order valence-electron chi connectivity index (χ3n) is 5.24. The lowest BCUT2D eigenvalue weighted by atomic mass is 10.2. The van der Waals surface area contributed by atoms with E-state index in [1.54, 1.807) is 18.2 Å². The lowest BCUT2D eigenvalue weighted by Crippen LogP contribution is -2.46. The first-order valence-electron chi connectivity index (χ1n) is 10.2. The second-order valence-electron chi connectivity index (χ2n) is 7.46. The van der Waals surface area contributed by atoms with Crippen molar-refractivity contribution in [3.63, 3.8) is 0 Å². The Labute approximate surface area is 179 Å². The van der Waals surface area contributed by atoms with Gasteiger partial charge in [0.05, 0.1) is 5.69 Å². The van der Waals surface area contributed by atoms with Crippen LogP contribution in [0.15, 0.2) is 71.5 Å². The van der Waals surface area contributed by atoms with E-state index in [2.05, 4.69) is 32.3 Å². The van der Waals surface area contributed by atoms with Crippen LogP contribution in [0.1, 0.15) is 5.56 Å². The van der Waals surface area contributed by atoms with Crippen LogP contribution in [-0.2, 0) is 17.9 Å². The molecule has 0 saturated carbocycles. The molecule has 1 amide bonds. The minimum Gasteiger partial charge on any atom is -0.353 e. The standard InChI is InChI=1S/C23H24FN5O2/c24-19-8-4-5-9-20(19)25-22(30)17-29-23(31)11-10-21(26-29)28-14-12-27(13-15-28)16-18-6-2-1-3-7-18/h1-11H,12-17H2,(H,25,30). The van der Waals surface area contributed by atoms with Gasteiger partial charge in [-0.1, -0.05) is 42.5 Å². The average Bonchev–Trinajstić information content (AvgIpc) is 2.78. The number of carbonyl (C=O) groups is 1. The lowest BCUT2D eigenvalue weighted by molar-refractivity contribution is -0.117. The number of hydrogen-bond acceptors (Lipinski definition) is 5. The molecule has 8 heteroatoms. The fourth-order valence-electron chi connectivity index (χ4n) is 3.59. The van der Waals surface area contributed by atoms with Crippen LogP contribution in [0.4, 0.5) is 15.9 Å². The zero-order valence-electron chi connectivity index (χ0n) is 17.1. The van der Waals surface area contributed by atoms with Crippen molar-refractivity contribution < 1.29 is 9.18 Å². The van der Waals surface area contributed by atoms with Crippen LogP contribution < -0.4 is 15.8 Å². The van der Waals surface area contributed by atoms with Crippen LogP contribution in [0.25, 0.3) is 0 Å². The summed E-state index contributed by atoms with van der Waals surface area (Å²) in [6, 6.07) is 19.3. The summed E-state index contributed by atoms with van der Waals surface area (Å²) in [6.45, 7) is 3.93. The van der Waals surface area contributed by atoms with Crippen molar-refractivity contribution in [3.8, 4) is 0 Å². The number of aromatic nitrogens is 2. The van der Waals surface area contributed by atoms with Crippen molar-refractivity contribution in [3.05, 3.63) is 88.5 Å². The minimum atomic E-state index is -0.529. The summed E-state index contributed by atoms with van der Waals surface area (Å²) < 4.78 is 14.8. The fourth-order valence-corrected chi connectivity index (χ4v) is 3.59. The van der Waals surface area contributed by atoms with E-state index >= 15 is 0 Å². The molecule has 1 aliphatic rings. The molecule has 0 radical (unpaired) electrons. The first-order chi connectivity index (χ1) is 15.1. The molecule has 0 unspecified atom stereocenters. The number of carbonyl (C=O) groups excluding carboxylic acids is 1. The van der Waals surface area contributed by atoms with Crippen molar-refractivity contribution >= 4 is 17.4 Å². The van der Waals surface area contributed by atoms with E-state index in [4.69, 9.17) is 0 Å². The van der Waals surface area contributed by atoms with E-state index in [1.807, 2.05) is 18.2 Å². The van der Waals surface area contributed by atoms with Crippen molar-refractivity contribution in [2.75, 3.05) is 36.4 Å². The van der Waals surface area contributed by atoms with Gasteiger partial charge >= 0.3 is 0 Å². The Balaban J connectivity index is 1.37. The third-order valence-corrected chi connectivity index (χ3v) is 5.24. The van der Waals surface area contributed by atoms with Gasteiger partial charge in [0.2, 0.25) is 5.91 Å². The number of benzene rings is 2. The highest BCUT2D eigenvalue weighted by Crippen LogP contribution is 2.15. The maximum Gasteiger partial charge on any atom is 0.267 e. The van der Waals surface area contributed by atoms with Crippen LogP contribution in [0.5, 0.6) is 0 Å². The Morgan fingerprint density at radius 1 is 0.935 bits per heavy atom. The Morgan fingerprint density at radius 2 is 1.65 bits per heavy atom. The Hall–Kier alpha value is -3.52. The number of halogens is 1. The predicted molar refractivity (Wildman–Crippen MR) is 117 cm³/mol. The van der Waals surface area contributed by atoms with Crippen molar-refractivity contribution in [1.82, 2.24) is 14.7 Å². The quantitative estimate of drug-likeness (QED) is 0.662. The summed E-state index contributed by atoms with van der Waals surface area (Å²) in [5.74, 6) is -0.388. The Kier molecular flexibility index (Phi) is 6.37. The van der Waals surface area contributed by atoms with Gasteiger partial charge < -0.3 is 10.2 Å². The highest BCUT2D eigenvalue weighted by atomic mass is 19.1. The summed E-state index contributed by atoms with van der Waals surface area (Å²) in [7, 11) is 0. The average molecular weight is 421 g/mol. The smallest absolute Gasteiger partial charge is 0.267 e. The number of amides is 1.